The molecular formula is C22H17BrN4O4. The number of fused-ring (bicyclic) bond motifs is 1. The number of anilines is 1. The number of pyridine rings is 1. The van der Waals surface area contributed by atoms with Crippen LogP contribution in [0.3, 0.4) is 0 Å². The van der Waals surface area contributed by atoms with Gasteiger partial charge in [-0.3, -0.25) is 18.7 Å². The van der Waals surface area contributed by atoms with Gasteiger partial charge in [-0.15, -0.1) is 0 Å². The largest absolute Gasteiger partial charge is 0.457 e. The topological polar surface area (TPSA) is 95.2 Å². The number of aryl methyl sites for hydroxylation is 1. The van der Waals surface area contributed by atoms with Crippen molar-refractivity contribution in [3.8, 4) is 11.5 Å². The van der Waals surface area contributed by atoms with Gasteiger partial charge in [-0.2, -0.15) is 0 Å². The molecule has 0 saturated carbocycles. The van der Waals surface area contributed by atoms with Crippen LogP contribution in [0.5, 0.6) is 11.5 Å². The molecule has 2 aromatic carbocycles. The van der Waals surface area contributed by atoms with Crippen LogP contribution in [-0.2, 0) is 14.1 Å². The summed E-state index contributed by atoms with van der Waals surface area (Å²) in [6, 6.07) is 15.8. The van der Waals surface area contributed by atoms with Gasteiger partial charge in [-0.25, -0.2) is 9.78 Å². The van der Waals surface area contributed by atoms with Crippen LogP contribution in [0.4, 0.5) is 5.69 Å². The Hall–Kier alpha value is -3.72. The average molecular weight is 481 g/mol. The zero-order valence-corrected chi connectivity index (χ0v) is 18.2. The molecule has 156 valence electrons. The number of benzene rings is 2. The number of halogens is 1. The summed E-state index contributed by atoms with van der Waals surface area (Å²) in [5.41, 5.74) is 0.00138. The summed E-state index contributed by atoms with van der Waals surface area (Å²) in [5.74, 6) is 0.891. The lowest BCUT2D eigenvalue weighted by molar-refractivity contribution is 0.102. The first-order chi connectivity index (χ1) is 14.8. The van der Waals surface area contributed by atoms with Crippen molar-refractivity contribution in [3.05, 3.63) is 91.7 Å². The van der Waals surface area contributed by atoms with E-state index in [2.05, 4.69) is 26.2 Å². The second-order valence-electron chi connectivity index (χ2n) is 6.84. The first-order valence-corrected chi connectivity index (χ1v) is 10.0. The molecule has 1 amide bonds. The number of rotatable bonds is 4. The van der Waals surface area contributed by atoms with Crippen molar-refractivity contribution in [2.45, 2.75) is 0 Å². The van der Waals surface area contributed by atoms with Crippen molar-refractivity contribution in [1.82, 2.24) is 14.1 Å². The van der Waals surface area contributed by atoms with Gasteiger partial charge in [-0.05, 0) is 54.6 Å². The van der Waals surface area contributed by atoms with Gasteiger partial charge >= 0.3 is 5.69 Å². The van der Waals surface area contributed by atoms with Crippen molar-refractivity contribution >= 4 is 38.6 Å². The van der Waals surface area contributed by atoms with Crippen LogP contribution in [0.1, 0.15) is 10.4 Å². The number of carbonyl (C=O) groups is 1. The van der Waals surface area contributed by atoms with E-state index < -0.39 is 17.2 Å². The highest BCUT2D eigenvalue weighted by Gasteiger charge is 2.14. The summed E-state index contributed by atoms with van der Waals surface area (Å²) in [6.45, 7) is 0. The molecule has 0 fully saturated rings. The minimum Gasteiger partial charge on any atom is -0.457 e. The molecule has 0 atom stereocenters. The van der Waals surface area contributed by atoms with E-state index in [0.717, 1.165) is 9.04 Å². The number of ether oxygens (including phenoxy) is 1. The minimum absolute atomic E-state index is 0.190. The highest BCUT2D eigenvalue weighted by Crippen LogP contribution is 2.24. The van der Waals surface area contributed by atoms with Gasteiger partial charge in [0, 0.05) is 30.5 Å². The van der Waals surface area contributed by atoms with Crippen LogP contribution >= 0.6 is 15.9 Å². The Morgan fingerprint density at radius 3 is 2.23 bits per heavy atom. The molecule has 2 heterocycles. The number of nitrogens with one attached hydrogen (secondary N) is 1. The zero-order chi connectivity index (χ0) is 22.1. The van der Waals surface area contributed by atoms with Gasteiger partial charge in [0.1, 0.15) is 17.1 Å². The minimum atomic E-state index is -0.505. The normalized spacial score (nSPS) is 10.8. The van der Waals surface area contributed by atoms with Gasteiger partial charge in [0.2, 0.25) is 0 Å². The Morgan fingerprint density at radius 1 is 0.968 bits per heavy atom. The molecule has 31 heavy (non-hydrogen) atoms. The SMILES string of the molecule is Cn1c(=O)c2cc(C(=O)Nc3ccc(Oc4ccc(Br)cc4)cc3)cnc2n(C)c1=O. The zero-order valence-electron chi connectivity index (χ0n) is 16.6. The Bertz CT molecular complexity index is 1410. The van der Waals surface area contributed by atoms with Crippen LogP contribution in [-0.4, -0.2) is 20.0 Å². The molecule has 9 heteroatoms. The lowest BCUT2D eigenvalue weighted by atomic mass is 10.2. The van der Waals surface area contributed by atoms with Crippen molar-refractivity contribution in [3.63, 3.8) is 0 Å². The number of nitrogens with zero attached hydrogens (tertiary/aromatic N) is 3. The number of hydrogen-bond acceptors (Lipinski definition) is 5. The van der Waals surface area contributed by atoms with Crippen LogP contribution in [0.15, 0.2) is 74.9 Å². The summed E-state index contributed by atoms with van der Waals surface area (Å²) < 4.78 is 8.97. The van der Waals surface area contributed by atoms with E-state index in [9.17, 15) is 14.4 Å². The number of aromatic nitrogens is 3. The van der Waals surface area contributed by atoms with Gasteiger partial charge in [-0.1, -0.05) is 15.9 Å². The summed E-state index contributed by atoms with van der Waals surface area (Å²) in [6.07, 6.45) is 1.33. The van der Waals surface area contributed by atoms with E-state index >= 15 is 0 Å². The summed E-state index contributed by atoms with van der Waals surface area (Å²) >= 11 is 3.38. The smallest absolute Gasteiger partial charge is 0.332 e. The number of amides is 1. The molecular weight excluding hydrogens is 464 g/mol. The van der Waals surface area contributed by atoms with E-state index in [1.165, 1.54) is 30.9 Å². The van der Waals surface area contributed by atoms with Gasteiger partial charge in [0.05, 0.1) is 10.9 Å². The van der Waals surface area contributed by atoms with E-state index in [1.54, 1.807) is 24.3 Å². The van der Waals surface area contributed by atoms with Crippen molar-refractivity contribution in [2.75, 3.05) is 5.32 Å². The van der Waals surface area contributed by atoms with E-state index in [4.69, 9.17) is 4.74 Å². The lowest BCUT2D eigenvalue weighted by Gasteiger charge is -2.10. The molecule has 8 nitrogen and oxygen atoms in total. The van der Waals surface area contributed by atoms with E-state index in [-0.39, 0.29) is 16.6 Å². The third-order valence-electron chi connectivity index (χ3n) is 4.72. The van der Waals surface area contributed by atoms with Crippen molar-refractivity contribution in [1.29, 1.82) is 0 Å². The van der Waals surface area contributed by atoms with Crippen molar-refractivity contribution < 1.29 is 9.53 Å². The second-order valence-corrected chi connectivity index (χ2v) is 7.75. The molecule has 0 unspecified atom stereocenters. The molecule has 0 bridgehead atoms. The Kier molecular flexibility index (Phi) is 5.43. The van der Waals surface area contributed by atoms with Gasteiger partial charge in [0.15, 0.2) is 0 Å². The number of hydrogen-bond donors (Lipinski definition) is 1. The van der Waals surface area contributed by atoms with Crippen LogP contribution in [0.2, 0.25) is 0 Å². The summed E-state index contributed by atoms with van der Waals surface area (Å²) in [4.78, 5) is 41.2. The quantitative estimate of drug-likeness (QED) is 0.482. The maximum Gasteiger partial charge on any atom is 0.332 e. The first-order valence-electron chi connectivity index (χ1n) is 9.24. The molecule has 1 N–H and O–H groups in total. The Balaban J connectivity index is 1.54. The maximum atomic E-state index is 12.6. The molecule has 0 aliphatic carbocycles. The Morgan fingerprint density at radius 2 is 1.58 bits per heavy atom. The van der Waals surface area contributed by atoms with Gasteiger partial charge < -0.3 is 10.1 Å². The second kappa shape index (κ2) is 8.19. The molecule has 0 saturated heterocycles. The highest BCUT2D eigenvalue weighted by atomic mass is 79.9. The predicted octanol–water partition coefficient (Wildman–Crippen LogP) is 3.44. The summed E-state index contributed by atoms with van der Waals surface area (Å²) in [7, 11) is 2.91. The molecule has 0 spiro atoms. The molecule has 0 aliphatic rings. The van der Waals surface area contributed by atoms with Gasteiger partial charge in [0.25, 0.3) is 11.5 Å². The average Bonchev–Trinajstić information content (AvgIpc) is 2.78. The van der Waals surface area contributed by atoms with Crippen LogP contribution in [0.25, 0.3) is 11.0 Å². The number of carbonyl (C=O) groups excluding carboxylic acids is 1. The van der Waals surface area contributed by atoms with Crippen LogP contribution < -0.4 is 21.3 Å². The maximum absolute atomic E-state index is 12.6. The third kappa shape index (κ3) is 4.13. The molecule has 2 aromatic heterocycles. The monoisotopic (exact) mass is 480 g/mol. The standard InChI is InChI=1S/C22H17BrN4O4/c1-26-19-18(21(29)27(2)22(26)30)11-13(12-24-19)20(28)25-15-5-9-17(10-6-15)31-16-7-3-14(23)4-8-16/h3-12H,1-2H3,(H,25,28). The van der Waals surface area contributed by atoms with E-state index in [0.29, 0.717) is 17.2 Å². The fraction of sp³-hybridized carbons (Fsp3) is 0.0909. The molecule has 4 rings (SSSR count). The van der Waals surface area contributed by atoms with Crippen LogP contribution in [0, 0.1) is 0 Å². The lowest BCUT2D eigenvalue weighted by Crippen LogP contribution is -2.37. The Labute approximate surface area is 184 Å². The molecule has 0 aliphatic heterocycles. The fourth-order valence-corrected chi connectivity index (χ4v) is 3.30. The molecule has 4 aromatic rings. The van der Waals surface area contributed by atoms with E-state index in [1.807, 2.05) is 24.3 Å². The fourth-order valence-electron chi connectivity index (χ4n) is 3.04. The highest BCUT2D eigenvalue weighted by molar-refractivity contribution is 9.10. The predicted molar refractivity (Wildman–Crippen MR) is 121 cm³/mol. The first kappa shape index (κ1) is 20.5. The third-order valence-corrected chi connectivity index (χ3v) is 5.25. The summed E-state index contributed by atoms with van der Waals surface area (Å²) in [5, 5.41) is 2.95. The van der Waals surface area contributed by atoms with Crippen molar-refractivity contribution in [2.24, 2.45) is 14.1 Å². The molecule has 0 radical (unpaired) electrons.